The van der Waals surface area contributed by atoms with Gasteiger partial charge in [-0.15, -0.1) is 0 Å². The fourth-order valence-corrected chi connectivity index (χ4v) is 0.684. The lowest BCUT2D eigenvalue weighted by Crippen LogP contribution is -2.38. The van der Waals surface area contributed by atoms with Crippen molar-refractivity contribution in [1.82, 2.24) is 5.32 Å². The summed E-state index contributed by atoms with van der Waals surface area (Å²) < 4.78 is 4.87. The Morgan fingerprint density at radius 3 is 2.62 bits per heavy atom. The van der Waals surface area contributed by atoms with Crippen LogP contribution in [0.1, 0.15) is 27.2 Å². The molecule has 0 aromatic carbocycles. The highest BCUT2D eigenvalue weighted by Crippen LogP contribution is 1.97. The number of nitrogens with one attached hydrogen (secondary N) is 1. The summed E-state index contributed by atoms with van der Waals surface area (Å²) in [7, 11) is 0. The molecule has 0 aliphatic carbocycles. The van der Waals surface area contributed by atoms with Crippen LogP contribution in [-0.2, 0) is 9.53 Å². The Kier molecular flexibility index (Phi) is 5.34. The Labute approximate surface area is 78.6 Å². The number of aliphatic hydroxyl groups excluding tert-OH is 1. The van der Waals surface area contributed by atoms with Crippen molar-refractivity contribution in [1.29, 1.82) is 0 Å². The molecule has 4 heteroatoms. The SMILES string of the molecule is C=C(C)C(=O)OC(C)NC(O)CC. The molecule has 76 valence electrons. The number of hydrogen-bond acceptors (Lipinski definition) is 4. The van der Waals surface area contributed by atoms with Crippen LogP contribution in [0.4, 0.5) is 0 Å². The zero-order valence-electron chi connectivity index (χ0n) is 8.33. The second kappa shape index (κ2) is 5.72. The van der Waals surface area contributed by atoms with E-state index in [0.29, 0.717) is 12.0 Å². The summed E-state index contributed by atoms with van der Waals surface area (Å²) in [6.07, 6.45) is -0.582. The number of ether oxygens (including phenoxy) is 1. The second-order valence-corrected chi connectivity index (χ2v) is 2.92. The third kappa shape index (κ3) is 5.38. The molecule has 0 aliphatic rings. The fraction of sp³-hybridized carbons (Fsp3) is 0.667. The third-order valence-corrected chi connectivity index (χ3v) is 1.45. The highest BCUT2D eigenvalue weighted by molar-refractivity contribution is 5.87. The number of rotatable bonds is 5. The Morgan fingerprint density at radius 1 is 1.69 bits per heavy atom. The summed E-state index contributed by atoms with van der Waals surface area (Å²) in [5, 5.41) is 11.8. The normalized spacial score (nSPS) is 14.8. The summed E-state index contributed by atoms with van der Waals surface area (Å²) in [6.45, 7) is 8.49. The van der Waals surface area contributed by atoms with Crippen LogP contribution in [0.5, 0.6) is 0 Å². The Morgan fingerprint density at radius 2 is 2.23 bits per heavy atom. The van der Waals surface area contributed by atoms with Crippen LogP contribution in [0, 0.1) is 0 Å². The molecule has 13 heavy (non-hydrogen) atoms. The van der Waals surface area contributed by atoms with Crippen LogP contribution >= 0.6 is 0 Å². The Bertz CT molecular complexity index is 191. The Hall–Kier alpha value is -0.870. The maximum atomic E-state index is 11.0. The summed E-state index contributed by atoms with van der Waals surface area (Å²) in [5.74, 6) is -0.455. The minimum Gasteiger partial charge on any atom is -0.443 e. The molecule has 0 aromatic rings. The number of hydrogen-bond donors (Lipinski definition) is 2. The van der Waals surface area contributed by atoms with Gasteiger partial charge in [0.15, 0.2) is 6.23 Å². The van der Waals surface area contributed by atoms with Crippen LogP contribution in [0.25, 0.3) is 0 Å². The first-order valence-electron chi connectivity index (χ1n) is 4.28. The van der Waals surface area contributed by atoms with Gasteiger partial charge in [0.2, 0.25) is 0 Å². The molecular weight excluding hydrogens is 170 g/mol. The molecule has 0 rings (SSSR count). The number of esters is 1. The van der Waals surface area contributed by atoms with Gasteiger partial charge in [0.1, 0.15) is 6.23 Å². The van der Waals surface area contributed by atoms with Gasteiger partial charge in [-0.3, -0.25) is 5.32 Å². The summed E-state index contributed by atoms with van der Waals surface area (Å²) in [5.41, 5.74) is 0.347. The van der Waals surface area contributed by atoms with Gasteiger partial charge in [0.05, 0.1) is 0 Å². The second-order valence-electron chi connectivity index (χ2n) is 2.92. The van der Waals surface area contributed by atoms with E-state index >= 15 is 0 Å². The molecule has 0 heterocycles. The van der Waals surface area contributed by atoms with Crippen LogP contribution in [0.15, 0.2) is 12.2 Å². The molecule has 0 saturated heterocycles. The van der Waals surface area contributed by atoms with E-state index in [2.05, 4.69) is 11.9 Å². The van der Waals surface area contributed by atoms with Crippen molar-refractivity contribution in [2.75, 3.05) is 0 Å². The maximum Gasteiger partial charge on any atom is 0.334 e. The summed E-state index contributed by atoms with van der Waals surface area (Å²) in [4.78, 5) is 11.0. The van der Waals surface area contributed by atoms with E-state index in [4.69, 9.17) is 9.84 Å². The summed E-state index contributed by atoms with van der Waals surface area (Å²) >= 11 is 0. The number of carbonyl (C=O) groups is 1. The topological polar surface area (TPSA) is 58.6 Å². The molecular formula is C9H17NO3. The average molecular weight is 187 g/mol. The minimum absolute atomic E-state index is 0.347. The van der Waals surface area contributed by atoms with Crippen molar-refractivity contribution in [3.05, 3.63) is 12.2 Å². The van der Waals surface area contributed by atoms with Gasteiger partial charge >= 0.3 is 5.97 Å². The first-order chi connectivity index (χ1) is 5.97. The van der Waals surface area contributed by atoms with E-state index < -0.39 is 18.4 Å². The van der Waals surface area contributed by atoms with Crippen molar-refractivity contribution >= 4 is 5.97 Å². The van der Waals surface area contributed by atoms with Crippen LogP contribution in [0.2, 0.25) is 0 Å². The first-order valence-corrected chi connectivity index (χ1v) is 4.28. The molecule has 2 unspecified atom stereocenters. The molecule has 0 spiro atoms. The lowest BCUT2D eigenvalue weighted by molar-refractivity contribution is -0.146. The van der Waals surface area contributed by atoms with Crippen LogP contribution in [0.3, 0.4) is 0 Å². The lowest BCUT2D eigenvalue weighted by Gasteiger charge is -2.18. The van der Waals surface area contributed by atoms with Crippen molar-refractivity contribution < 1.29 is 14.6 Å². The van der Waals surface area contributed by atoms with E-state index in [1.807, 2.05) is 6.92 Å². The largest absolute Gasteiger partial charge is 0.443 e. The zero-order valence-corrected chi connectivity index (χ0v) is 8.33. The van der Waals surface area contributed by atoms with Gasteiger partial charge in [-0.1, -0.05) is 13.5 Å². The van der Waals surface area contributed by atoms with Gasteiger partial charge in [0.25, 0.3) is 0 Å². The highest BCUT2D eigenvalue weighted by Gasteiger charge is 2.11. The van der Waals surface area contributed by atoms with Gasteiger partial charge in [0, 0.05) is 5.57 Å². The molecule has 4 nitrogen and oxygen atoms in total. The molecule has 2 N–H and O–H groups in total. The standard InChI is InChI=1S/C9H17NO3/c1-5-8(11)10-7(4)13-9(12)6(2)3/h7-8,10-11H,2,5H2,1,3-4H3. The number of aliphatic hydroxyl groups is 1. The molecule has 0 saturated carbocycles. The predicted octanol–water partition coefficient (Wildman–Crippen LogP) is 0.770. The van der Waals surface area contributed by atoms with E-state index in [1.165, 1.54) is 0 Å². The minimum atomic E-state index is -0.645. The van der Waals surface area contributed by atoms with E-state index in [-0.39, 0.29) is 0 Å². The molecule has 0 radical (unpaired) electrons. The first kappa shape index (κ1) is 12.1. The summed E-state index contributed by atoms with van der Waals surface area (Å²) in [6, 6.07) is 0. The van der Waals surface area contributed by atoms with Gasteiger partial charge in [-0.05, 0) is 20.3 Å². The third-order valence-electron chi connectivity index (χ3n) is 1.45. The zero-order chi connectivity index (χ0) is 10.4. The van der Waals surface area contributed by atoms with Gasteiger partial charge < -0.3 is 9.84 Å². The quantitative estimate of drug-likeness (QED) is 0.379. The van der Waals surface area contributed by atoms with Crippen molar-refractivity contribution in [2.45, 2.75) is 39.6 Å². The predicted molar refractivity (Wildman–Crippen MR) is 49.8 cm³/mol. The van der Waals surface area contributed by atoms with Crippen LogP contribution in [-0.4, -0.2) is 23.5 Å². The van der Waals surface area contributed by atoms with Crippen LogP contribution < -0.4 is 5.32 Å². The number of carbonyl (C=O) groups excluding carboxylic acids is 1. The molecule has 0 bridgehead atoms. The molecule has 0 aliphatic heterocycles. The monoisotopic (exact) mass is 187 g/mol. The molecule has 2 atom stereocenters. The maximum absolute atomic E-state index is 11.0. The van der Waals surface area contributed by atoms with E-state index in [0.717, 1.165) is 0 Å². The fourth-order valence-electron chi connectivity index (χ4n) is 0.684. The highest BCUT2D eigenvalue weighted by atomic mass is 16.6. The average Bonchev–Trinajstić information content (AvgIpc) is 2.03. The smallest absolute Gasteiger partial charge is 0.334 e. The van der Waals surface area contributed by atoms with Gasteiger partial charge in [-0.25, -0.2) is 4.79 Å². The van der Waals surface area contributed by atoms with Crippen molar-refractivity contribution in [2.24, 2.45) is 0 Å². The van der Waals surface area contributed by atoms with E-state index in [1.54, 1.807) is 13.8 Å². The van der Waals surface area contributed by atoms with Crippen molar-refractivity contribution in [3.63, 3.8) is 0 Å². The van der Waals surface area contributed by atoms with Gasteiger partial charge in [-0.2, -0.15) is 0 Å². The van der Waals surface area contributed by atoms with Crippen molar-refractivity contribution in [3.8, 4) is 0 Å². The van der Waals surface area contributed by atoms with E-state index in [9.17, 15) is 4.79 Å². The molecule has 0 fully saturated rings. The molecule has 0 amide bonds. The lowest BCUT2D eigenvalue weighted by atomic mass is 10.3. The molecule has 0 aromatic heterocycles. The Balaban J connectivity index is 3.80.